The molecule has 17 heavy (non-hydrogen) atoms. The smallest absolute Gasteiger partial charge is 0.0790 e. The van der Waals surface area contributed by atoms with Gasteiger partial charge in [-0.1, -0.05) is 54.3 Å². The zero-order chi connectivity index (χ0) is 12.1. The van der Waals surface area contributed by atoms with Gasteiger partial charge in [-0.2, -0.15) is 0 Å². The fourth-order valence-electron chi connectivity index (χ4n) is 2.38. The lowest BCUT2D eigenvalue weighted by atomic mass is 10.1. The van der Waals surface area contributed by atoms with Gasteiger partial charge in [0.1, 0.15) is 0 Å². The van der Waals surface area contributed by atoms with Gasteiger partial charge in [0.25, 0.3) is 0 Å². The molecule has 94 valence electrons. The standard InChI is InChI=1S/C13H18O3S/c14-17(15)11-13(8-4-5-9-13)16-10-12-6-2-1-3-7-12/h1-3,6-7H,4-5,8-11H2,(H,14,15)/p-1. The van der Waals surface area contributed by atoms with E-state index in [1.165, 1.54) is 0 Å². The molecule has 0 saturated heterocycles. The Kier molecular flexibility index (Phi) is 4.31. The third-order valence-electron chi connectivity index (χ3n) is 3.28. The van der Waals surface area contributed by atoms with Crippen molar-refractivity contribution in [2.45, 2.75) is 37.9 Å². The van der Waals surface area contributed by atoms with Crippen LogP contribution >= 0.6 is 0 Å². The molecule has 3 nitrogen and oxygen atoms in total. The van der Waals surface area contributed by atoms with Crippen LogP contribution in [0.1, 0.15) is 31.2 Å². The van der Waals surface area contributed by atoms with Gasteiger partial charge in [-0.05, 0) is 18.4 Å². The van der Waals surface area contributed by atoms with Crippen LogP contribution in [0.5, 0.6) is 0 Å². The average Bonchev–Trinajstić information content (AvgIpc) is 2.76. The second-order valence-corrected chi connectivity index (χ2v) is 5.51. The second kappa shape index (κ2) is 5.76. The molecule has 1 aliphatic carbocycles. The summed E-state index contributed by atoms with van der Waals surface area (Å²) in [6.45, 7) is 0.498. The molecule has 0 heterocycles. The zero-order valence-corrected chi connectivity index (χ0v) is 10.6. The fourth-order valence-corrected chi connectivity index (χ4v) is 3.18. The minimum atomic E-state index is -2.03. The Hall–Kier alpha value is -0.710. The van der Waals surface area contributed by atoms with Crippen molar-refractivity contribution in [2.75, 3.05) is 5.75 Å². The molecule has 1 aliphatic rings. The molecule has 1 aromatic carbocycles. The molecule has 1 atom stereocenters. The summed E-state index contributed by atoms with van der Waals surface area (Å²) >= 11 is -2.03. The first-order valence-corrected chi connectivity index (χ1v) is 7.18. The summed E-state index contributed by atoms with van der Waals surface area (Å²) < 4.78 is 27.7. The van der Waals surface area contributed by atoms with Crippen molar-refractivity contribution in [1.82, 2.24) is 0 Å². The second-order valence-electron chi connectivity index (χ2n) is 4.61. The van der Waals surface area contributed by atoms with E-state index in [4.69, 9.17) is 4.74 Å². The van der Waals surface area contributed by atoms with Gasteiger partial charge < -0.3 is 9.29 Å². The first kappa shape index (κ1) is 12.7. The Morgan fingerprint density at radius 1 is 1.24 bits per heavy atom. The number of ether oxygens (including phenoxy) is 1. The van der Waals surface area contributed by atoms with E-state index < -0.39 is 16.7 Å². The molecule has 0 radical (unpaired) electrons. The highest BCUT2D eigenvalue weighted by Gasteiger charge is 2.34. The van der Waals surface area contributed by atoms with Gasteiger partial charge in [0.2, 0.25) is 0 Å². The molecule has 0 aliphatic heterocycles. The van der Waals surface area contributed by atoms with Crippen molar-refractivity contribution >= 4 is 11.1 Å². The first-order chi connectivity index (χ1) is 8.20. The molecule has 1 unspecified atom stereocenters. The first-order valence-electron chi connectivity index (χ1n) is 5.94. The Morgan fingerprint density at radius 2 is 1.88 bits per heavy atom. The molecule has 2 rings (SSSR count). The molecule has 1 saturated carbocycles. The third-order valence-corrected chi connectivity index (χ3v) is 4.05. The van der Waals surface area contributed by atoms with Crippen LogP contribution in [0.15, 0.2) is 30.3 Å². The molecule has 1 aromatic rings. The molecule has 0 bridgehead atoms. The summed E-state index contributed by atoms with van der Waals surface area (Å²) in [6, 6.07) is 9.88. The number of hydrogen-bond donors (Lipinski definition) is 0. The van der Waals surface area contributed by atoms with Gasteiger partial charge >= 0.3 is 0 Å². The quantitative estimate of drug-likeness (QED) is 0.757. The van der Waals surface area contributed by atoms with Crippen molar-refractivity contribution in [1.29, 1.82) is 0 Å². The van der Waals surface area contributed by atoms with E-state index in [-0.39, 0.29) is 5.75 Å². The van der Waals surface area contributed by atoms with Crippen LogP contribution in [0, 0.1) is 0 Å². The minimum Gasteiger partial charge on any atom is -0.772 e. The van der Waals surface area contributed by atoms with Crippen molar-refractivity contribution in [3.63, 3.8) is 0 Å². The molecule has 0 aromatic heterocycles. The highest BCUT2D eigenvalue weighted by atomic mass is 32.2. The molecular formula is C13H17O3S-. The topological polar surface area (TPSA) is 49.4 Å². The van der Waals surface area contributed by atoms with Crippen molar-refractivity contribution < 1.29 is 13.5 Å². The zero-order valence-electron chi connectivity index (χ0n) is 9.76. The van der Waals surface area contributed by atoms with E-state index in [1.54, 1.807) is 0 Å². The average molecular weight is 253 g/mol. The van der Waals surface area contributed by atoms with Gasteiger partial charge in [-0.3, -0.25) is 4.21 Å². The van der Waals surface area contributed by atoms with Crippen molar-refractivity contribution in [3.05, 3.63) is 35.9 Å². The number of rotatable bonds is 5. The van der Waals surface area contributed by atoms with Gasteiger partial charge in [-0.25, -0.2) is 0 Å². The minimum absolute atomic E-state index is 0.125. The Balaban J connectivity index is 1.96. The van der Waals surface area contributed by atoms with Crippen LogP contribution in [0.4, 0.5) is 0 Å². The number of hydrogen-bond acceptors (Lipinski definition) is 3. The van der Waals surface area contributed by atoms with E-state index in [1.807, 2.05) is 30.3 Å². The summed E-state index contributed by atoms with van der Waals surface area (Å²) in [5.41, 5.74) is 0.651. The van der Waals surface area contributed by atoms with Gasteiger partial charge in [-0.15, -0.1) is 0 Å². The van der Waals surface area contributed by atoms with Crippen LogP contribution in [-0.4, -0.2) is 20.1 Å². The number of benzene rings is 1. The van der Waals surface area contributed by atoms with Crippen molar-refractivity contribution in [2.24, 2.45) is 0 Å². The molecular weight excluding hydrogens is 236 g/mol. The third kappa shape index (κ3) is 3.63. The van der Waals surface area contributed by atoms with E-state index >= 15 is 0 Å². The summed E-state index contributed by atoms with van der Waals surface area (Å²) in [5, 5.41) is 0. The highest BCUT2D eigenvalue weighted by Crippen LogP contribution is 2.34. The highest BCUT2D eigenvalue weighted by molar-refractivity contribution is 7.79. The van der Waals surface area contributed by atoms with Crippen LogP contribution < -0.4 is 0 Å². The maximum absolute atomic E-state index is 10.9. The summed E-state index contributed by atoms with van der Waals surface area (Å²) in [5.74, 6) is 0.125. The normalized spacial score (nSPS) is 20.3. The molecule has 4 heteroatoms. The van der Waals surface area contributed by atoms with E-state index in [9.17, 15) is 8.76 Å². The van der Waals surface area contributed by atoms with Crippen LogP contribution in [0.25, 0.3) is 0 Å². The van der Waals surface area contributed by atoms with Gasteiger partial charge in [0, 0.05) is 5.75 Å². The largest absolute Gasteiger partial charge is 0.772 e. The molecule has 1 fully saturated rings. The van der Waals surface area contributed by atoms with E-state index in [0.717, 1.165) is 31.2 Å². The predicted octanol–water partition coefficient (Wildman–Crippen LogP) is 2.40. The van der Waals surface area contributed by atoms with Crippen LogP contribution in [-0.2, 0) is 22.4 Å². The maximum atomic E-state index is 10.9. The molecule has 0 amide bonds. The summed E-state index contributed by atoms with van der Waals surface area (Å²) in [7, 11) is 0. The summed E-state index contributed by atoms with van der Waals surface area (Å²) in [6.07, 6.45) is 3.83. The van der Waals surface area contributed by atoms with Crippen LogP contribution in [0.2, 0.25) is 0 Å². The Bertz CT molecular complexity index is 372. The predicted molar refractivity (Wildman–Crippen MR) is 66.2 cm³/mol. The molecule has 0 spiro atoms. The lowest BCUT2D eigenvalue weighted by Crippen LogP contribution is -2.35. The Morgan fingerprint density at radius 3 is 2.47 bits per heavy atom. The van der Waals surface area contributed by atoms with Crippen LogP contribution in [0.3, 0.4) is 0 Å². The lowest BCUT2D eigenvalue weighted by Gasteiger charge is -2.30. The SMILES string of the molecule is O=S([O-])CC1(OCc2ccccc2)CCCC1. The van der Waals surface area contributed by atoms with E-state index in [0.29, 0.717) is 6.61 Å². The fraction of sp³-hybridized carbons (Fsp3) is 0.538. The monoisotopic (exact) mass is 253 g/mol. The van der Waals surface area contributed by atoms with E-state index in [2.05, 4.69) is 0 Å². The van der Waals surface area contributed by atoms with Gasteiger partial charge in [0.05, 0.1) is 12.2 Å². The van der Waals surface area contributed by atoms with Crippen molar-refractivity contribution in [3.8, 4) is 0 Å². The Labute approximate surface area is 104 Å². The van der Waals surface area contributed by atoms with Gasteiger partial charge in [0.15, 0.2) is 0 Å². The molecule has 0 N–H and O–H groups in total. The lowest BCUT2D eigenvalue weighted by molar-refractivity contribution is -0.0352. The maximum Gasteiger partial charge on any atom is 0.0790 e. The summed E-state index contributed by atoms with van der Waals surface area (Å²) in [4.78, 5) is 0.